The van der Waals surface area contributed by atoms with Gasteiger partial charge >= 0.3 is 59.1 Å². The van der Waals surface area contributed by atoms with Crippen LogP contribution in [0.5, 0.6) is 0 Å². The number of Topliss-reactive ketones (excluding diaryl/α,β-unsaturated/α-hetero) is 2. The summed E-state index contributed by atoms with van der Waals surface area (Å²) < 4.78 is 54.5. The minimum Gasteiger partial charge on any atom is -0.748 e. The number of carbonyl (C=O) groups excluding carboxylic acids is 2. The van der Waals surface area contributed by atoms with E-state index in [4.69, 9.17) is 25.9 Å². The van der Waals surface area contributed by atoms with Crippen molar-refractivity contribution >= 4 is 42.7 Å². The van der Waals surface area contributed by atoms with Gasteiger partial charge in [-0.3, -0.25) is 14.6 Å². The Balaban J connectivity index is 0.000000731. The van der Waals surface area contributed by atoms with Crippen molar-refractivity contribution in [1.82, 2.24) is 4.98 Å². The van der Waals surface area contributed by atoms with Crippen LogP contribution in [0.25, 0.3) is 10.9 Å². The van der Waals surface area contributed by atoms with Crippen molar-refractivity contribution in [3.05, 3.63) is 77.5 Å². The molecule has 33 heavy (non-hydrogen) atoms. The third-order valence-corrected chi connectivity index (χ3v) is 3.90. The average Bonchev–Trinajstić information content (AvgIpc) is 2.90. The monoisotopic (exact) mass is 509 g/mol. The Bertz CT molecular complexity index is 1280. The number of hydrogen-bond acceptors (Lipinski definition) is 9. The molecule has 0 saturated carbocycles. The number of nitrogens with zero attached hydrogens (tertiary/aromatic N) is 1. The number of carbonyl (C=O) groups is 2. The maximum Gasteiger partial charge on any atom is 1.00 e. The van der Waals surface area contributed by atoms with Crippen molar-refractivity contribution in [3.63, 3.8) is 0 Å². The summed E-state index contributed by atoms with van der Waals surface area (Å²) in [7, 11) is -7.83. The molecular formula is C20H17NNa2O8S2. The van der Waals surface area contributed by atoms with E-state index in [0.29, 0.717) is 29.3 Å². The molecule has 0 N–H and O–H groups in total. The van der Waals surface area contributed by atoms with E-state index in [1.807, 2.05) is 30.3 Å². The Morgan fingerprint density at radius 1 is 0.697 bits per heavy atom. The average molecular weight is 509 g/mol. The van der Waals surface area contributed by atoms with Gasteiger partial charge in [-0.2, -0.15) is 0 Å². The second-order valence-electron chi connectivity index (χ2n) is 6.54. The fourth-order valence-electron chi connectivity index (χ4n) is 2.85. The van der Waals surface area contributed by atoms with Crippen molar-refractivity contribution in [2.24, 2.45) is 0 Å². The number of para-hydroxylation sites is 1. The van der Waals surface area contributed by atoms with Crippen LogP contribution in [0.1, 0.15) is 32.3 Å². The number of benzene rings is 2. The van der Waals surface area contributed by atoms with Crippen LogP contribution in [0, 0.1) is 0 Å². The molecule has 13 heteroatoms. The minimum atomic E-state index is -3.92. The fraction of sp³-hybridized carbons (Fsp3) is 0.150. The summed E-state index contributed by atoms with van der Waals surface area (Å²) in [5.41, 5.74) is 2.33. The molecule has 164 valence electrons. The predicted molar refractivity (Wildman–Crippen MR) is 111 cm³/mol. The van der Waals surface area contributed by atoms with Gasteiger partial charge in [0.1, 0.15) is 5.92 Å². The molecule has 0 amide bonds. The molecule has 0 fully saturated rings. The molecule has 0 atom stereocenters. The van der Waals surface area contributed by atoms with Crippen LogP contribution in [0.3, 0.4) is 0 Å². The van der Waals surface area contributed by atoms with Crippen LogP contribution in [0.4, 0.5) is 0 Å². The predicted octanol–water partition coefficient (Wildman–Crippen LogP) is -4.27. The smallest absolute Gasteiger partial charge is 0.748 e. The van der Waals surface area contributed by atoms with Crippen LogP contribution in [0.15, 0.2) is 60.7 Å². The molecule has 1 heterocycles. The second-order valence-corrected chi connectivity index (χ2v) is 9.36. The van der Waals surface area contributed by atoms with Gasteiger partial charge in [0.25, 0.3) is 0 Å². The van der Waals surface area contributed by atoms with Gasteiger partial charge in [-0.25, -0.2) is 16.8 Å². The summed E-state index contributed by atoms with van der Waals surface area (Å²) in [5, 5.41) is 0.997. The molecule has 2 aromatic carbocycles. The normalized spacial score (nSPS) is 12.8. The molecule has 0 aliphatic heterocycles. The van der Waals surface area contributed by atoms with Crippen molar-refractivity contribution in [1.29, 1.82) is 0 Å². The van der Waals surface area contributed by atoms with E-state index in [0.717, 1.165) is 10.9 Å². The SMILES string of the molecule is CS(=O)(=O)[O-].CS(=O)(=O)[O-].O=C1c2ccccc2C(=O)C1c1ccc2ccccc2n1.[Na+].[Na+]. The Kier molecular flexibility index (Phi) is 12.8. The fourth-order valence-corrected chi connectivity index (χ4v) is 2.85. The largest absolute Gasteiger partial charge is 1.00 e. The van der Waals surface area contributed by atoms with Gasteiger partial charge in [0.15, 0.2) is 11.6 Å². The molecule has 1 aliphatic carbocycles. The Morgan fingerprint density at radius 2 is 1.09 bits per heavy atom. The quantitative estimate of drug-likeness (QED) is 0.180. The zero-order valence-corrected chi connectivity index (χ0v) is 24.0. The summed E-state index contributed by atoms with van der Waals surface area (Å²) in [4.78, 5) is 29.5. The van der Waals surface area contributed by atoms with E-state index in [1.165, 1.54) is 0 Å². The van der Waals surface area contributed by atoms with Gasteiger partial charge in [-0.1, -0.05) is 48.5 Å². The Hall–Kier alpha value is -0.990. The number of pyridine rings is 1. The van der Waals surface area contributed by atoms with Gasteiger partial charge in [0.2, 0.25) is 0 Å². The van der Waals surface area contributed by atoms with Crippen molar-refractivity contribution in [2.75, 3.05) is 12.5 Å². The molecule has 3 aromatic rings. The second kappa shape index (κ2) is 13.2. The van der Waals surface area contributed by atoms with Crippen LogP contribution in [-0.2, 0) is 20.2 Å². The summed E-state index contributed by atoms with van der Waals surface area (Å²) in [6, 6.07) is 18.3. The van der Waals surface area contributed by atoms with Crippen LogP contribution < -0.4 is 59.1 Å². The van der Waals surface area contributed by atoms with Crippen LogP contribution in [0.2, 0.25) is 0 Å². The first kappa shape index (κ1) is 32.0. The van der Waals surface area contributed by atoms with E-state index >= 15 is 0 Å². The van der Waals surface area contributed by atoms with E-state index in [9.17, 15) is 9.59 Å². The molecule has 1 aliphatic rings. The van der Waals surface area contributed by atoms with E-state index < -0.39 is 26.2 Å². The van der Waals surface area contributed by atoms with Gasteiger partial charge in [0, 0.05) is 29.0 Å². The minimum absolute atomic E-state index is 0. The molecule has 0 spiro atoms. The summed E-state index contributed by atoms with van der Waals surface area (Å²) in [6.07, 6.45) is 1.21. The Morgan fingerprint density at radius 3 is 1.55 bits per heavy atom. The van der Waals surface area contributed by atoms with Crippen molar-refractivity contribution in [2.45, 2.75) is 5.92 Å². The summed E-state index contributed by atoms with van der Waals surface area (Å²) in [6.45, 7) is 0. The topological polar surface area (TPSA) is 161 Å². The number of fused-ring (bicyclic) bond motifs is 2. The van der Waals surface area contributed by atoms with Crippen molar-refractivity contribution in [3.8, 4) is 0 Å². The number of ketones is 2. The third kappa shape index (κ3) is 10.4. The number of rotatable bonds is 1. The molecule has 0 bridgehead atoms. The number of aromatic nitrogens is 1. The first-order chi connectivity index (χ1) is 14.3. The first-order valence-corrected chi connectivity index (χ1v) is 12.2. The molecule has 1 aromatic heterocycles. The van der Waals surface area contributed by atoms with E-state index in [-0.39, 0.29) is 70.7 Å². The first-order valence-electron chi connectivity index (χ1n) is 8.60. The van der Waals surface area contributed by atoms with E-state index in [1.54, 1.807) is 30.3 Å². The maximum atomic E-state index is 12.5. The molecule has 0 saturated heterocycles. The molecule has 0 radical (unpaired) electrons. The molecule has 4 rings (SSSR count). The van der Waals surface area contributed by atoms with Gasteiger partial charge in [0.05, 0.1) is 31.4 Å². The van der Waals surface area contributed by atoms with Gasteiger partial charge < -0.3 is 9.11 Å². The summed E-state index contributed by atoms with van der Waals surface area (Å²) >= 11 is 0. The molecule has 0 unspecified atom stereocenters. The Labute approximate surface area is 236 Å². The van der Waals surface area contributed by atoms with Gasteiger partial charge in [-0.15, -0.1) is 0 Å². The number of hydrogen-bond donors (Lipinski definition) is 0. The van der Waals surface area contributed by atoms with Crippen molar-refractivity contribution < 1.29 is 94.6 Å². The van der Waals surface area contributed by atoms with Crippen LogP contribution in [-0.4, -0.2) is 55.0 Å². The molecule has 9 nitrogen and oxygen atoms in total. The third-order valence-electron chi connectivity index (χ3n) is 3.90. The summed E-state index contributed by atoms with van der Waals surface area (Å²) in [5.74, 6) is -1.11. The maximum absolute atomic E-state index is 12.5. The van der Waals surface area contributed by atoms with Crippen LogP contribution >= 0.6 is 0 Å². The molecular weight excluding hydrogens is 492 g/mol. The standard InChI is InChI=1S/C18H11NO2.2CH4O3S.2Na/c20-17-12-6-2-3-7-13(12)18(21)16(17)15-10-9-11-5-1-4-8-14(11)19-15;2*1-5(2,3)4;;/h1-10,16H;2*1H3,(H,2,3,4);;/q;;;2*+1/p-2. The zero-order chi connectivity index (χ0) is 23.4. The zero-order valence-electron chi connectivity index (χ0n) is 18.4. The van der Waals surface area contributed by atoms with E-state index in [2.05, 4.69) is 4.98 Å². The van der Waals surface area contributed by atoms with Gasteiger partial charge in [-0.05, 0) is 12.1 Å².